The fourth-order valence-corrected chi connectivity index (χ4v) is 2.92. The van der Waals surface area contributed by atoms with Crippen molar-refractivity contribution in [1.82, 2.24) is 15.1 Å². The third-order valence-electron chi connectivity index (χ3n) is 4.32. The zero-order chi connectivity index (χ0) is 21.4. The minimum Gasteiger partial charge on any atom is -0.435 e. The number of nitrogens with zero attached hydrogens (tertiary/aromatic N) is 3. The highest BCUT2D eigenvalue weighted by molar-refractivity contribution is 5.75. The quantitative estimate of drug-likeness (QED) is 0.691. The van der Waals surface area contributed by atoms with Gasteiger partial charge in [0.2, 0.25) is 5.91 Å². The Bertz CT molecular complexity index is 950. The van der Waals surface area contributed by atoms with Crippen LogP contribution in [0.3, 0.4) is 0 Å². The van der Waals surface area contributed by atoms with E-state index < -0.39 is 18.1 Å². The second-order valence-electron chi connectivity index (χ2n) is 6.20. The average molecular weight is 404 g/mol. The number of amides is 1. The molecule has 2 rings (SSSR count). The van der Waals surface area contributed by atoms with Gasteiger partial charge in [-0.1, -0.05) is 26.0 Å². The summed E-state index contributed by atoms with van der Waals surface area (Å²) in [6, 6.07) is 8.04. The Balaban J connectivity index is 1.98. The molecule has 1 amide bonds. The first-order valence-electron chi connectivity index (χ1n) is 9.22. The van der Waals surface area contributed by atoms with Gasteiger partial charge < -0.3 is 10.1 Å². The van der Waals surface area contributed by atoms with E-state index in [2.05, 4.69) is 15.2 Å². The van der Waals surface area contributed by atoms with Gasteiger partial charge in [-0.15, -0.1) is 0 Å². The van der Waals surface area contributed by atoms with Crippen LogP contribution >= 0.6 is 0 Å². The van der Waals surface area contributed by atoms with E-state index in [4.69, 9.17) is 0 Å². The Morgan fingerprint density at radius 2 is 1.97 bits per heavy atom. The number of carbonyl (C=O) groups is 1. The molecule has 0 atom stereocenters. The molecule has 0 spiro atoms. The summed E-state index contributed by atoms with van der Waals surface area (Å²) in [7, 11) is 0. The molecule has 0 aliphatic heterocycles. The van der Waals surface area contributed by atoms with Crippen molar-refractivity contribution in [2.75, 3.05) is 6.54 Å². The fourth-order valence-electron chi connectivity index (χ4n) is 2.92. The molecule has 0 saturated heterocycles. The molecule has 1 aromatic heterocycles. The normalized spacial score (nSPS) is 10.6. The molecule has 154 valence electrons. The molecule has 9 heteroatoms. The number of rotatable bonds is 9. The number of hydrogen-bond acceptors (Lipinski definition) is 5. The second-order valence-corrected chi connectivity index (χ2v) is 6.20. The maximum atomic E-state index is 12.4. The van der Waals surface area contributed by atoms with Crippen molar-refractivity contribution in [1.29, 1.82) is 5.26 Å². The minimum absolute atomic E-state index is 0.0262. The molecule has 1 N–H and O–H groups in total. The maximum Gasteiger partial charge on any atom is 0.387 e. The van der Waals surface area contributed by atoms with Crippen molar-refractivity contribution in [2.24, 2.45) is 0 Å². The van der Waals surface area contributed by atoms with Crippen LogP contribution in [-0.2, 0) is 30.6 Å². The summed E-state index contributed by atoms with van der Waals surface area (Å²) in [6.07, 6.45) is 1.54. The van der Waals surface area contributed by atoms with Crippen LogP contribution in [0.5, 0.6) is 5.75 Å². The van der Waals surface area contributed by atoms with Crippen LogP contribution in [0.25, 0.3) is 0 Å². The minimum atomic E-state index is -2.88. The molecule has 0 fully saturated rings. The number of alkyl halides is 2. The summed E-state index contributed by atoms with van der Waals surface area (Å²) in [5.74, 6) is -0.346. The number of hydrogen-bond donors (Lipinski definition) is 1. The molecule has 1 aromatic carbocycles. The first-order valence-corrected chi connectivity index (χ1v) is 9.22. The van der Waals surface area contributed by atoms with Gasteiger partial charge in [0.15, 0.2) is 0 Å². The predicted octanol–water partition coefficient (Wildman–Crippen LogP) is 2.20. The lowest BCUT2D eigenvalue weighted by molar-refractivity contribution is -0.121. The van der Waals surface area contributed by atoms with Crippen molar-refractivity contribution < 1.29 is 18.3 Å². The zero-order valence-electron chi connectivity index (χ0n) is 16.2. The number of carbonyl (C=O) groups excluding carboxylic acids is 1. The Morgan fingerprint density at radius 3 is 2.52 bits per heavy atom. The van der Waals surface area contributed by atoms with Crippen LogP contribution < -0.4 is 15.6 Å². The topological polar surface area (TPSA) is 97.0 Å². The van der Waals surface area contributed by atoms with Crippen molar-refractivity contribution in [2.45, 2.75) is 46.3 Å². The first kappa shape index (κ1) is 22.0. The SMILES string of the molecule is CCc1nn(CC(=O)NCCc2ccc(OC(F)F)cc2)c(=O)c(C#N)c1CC. The van der Waals surface area contributed by atoms with E-state index in [1.54, 1.807) is 12.1 Å². The molecular weight excluding hydrogens is 382 g/mol. The number of ether oxygens (including phenoxy) is 1. The average Bonchev–Trinajstić information content (AvgIpc) is 2.69. The van der Waals surface area contributed by atoms with Gasteiger partial charge >= 0.3 is 6.61 Å². The number of aromatic nitrogens is 2. The van der Waals surface area contributed by atoms with E-state index in [-0.39, 0.29) is 17.9 Å². The number of nitrogens with one attached hydrogen (secondary N) is 1. The van der Waals surface area contributed by atoms with E-state index in [9.17, 15) is 23.6 Å². The molecule has 0 unspecified atom stereocenters. The standard InChI is InChI=1S/C20H22F2N4O3/c1-3-15-16(11-23)19(28)26(25-17(15)4-2)12-18(27)24-10-9-13-5-7-14(8-6-13)29-20(21)22/h5-8,20H,3-4,9-10,12H2,1-2H3,(H,24,27). The van der Waals surface area contributed by atoms with Crippen molar-refractivity contribution in [3.8, 4) is 11.8 Å². The van der Waals surface area contributed by atoms with E-state index in [0.29, 0.717) is 37.1 Å². The summed E-state index contributed by atoms with van der Waals surface area (Å²) in [5.41, 5.74) is 1.53. The monoisotopic (exact) mass is 404 g/mol. The van der Waals surface area contributed by atoms with Gasteiger partial charge in [-0.25, -0.2) is 4.68 Å². The molecular formula is C20H22F2N4O3. The summed E-state index contributed by atoms with van der Waals surface area (Å²) < 4.78 is 29.6. The largest absolute Gasteiger partial charge is 0.435 e. The van der Waals surface area contributed by atoms with Gasteiger partial charge in [-0.3, -0.25) is 9.59 Å². The molecule has 1 heterocycles. The fraction of sp³-hybridized carbons (Fsp3) is 0.400. The summed E-state index contributed by atoms with van der Waals surface area (Å²) >= 11 is 0. The van der Waals surface area contributed by atoms with Gasteiger partial charge in [-0.05, 0) is 42.5 Å². The molecule has 0 radical (unpaired) electrons. The van der Waals surface area contributed by atoms with Gasteiger partial charge in [0.05, 0.1) is 5.69 Å². The van der Waals surface area contributed by atoms with Gasteiger partial charge in [0.25, 0.3) is 5.56 Å². The van der Waals surface area contributed by atoms with Crippen molar-refractivity contribution in [3.05, 3.63) is 57.0 Å². The number of nitriles is 1. The highest BCUT2D eigenvalue weighted by Crippen LogP contribution is 2.15. The van der Waals surface area contributed by atoms with E-state index in [0.717, 1.165) is 10.2 Å². The lowest BCUT2D eigenvalue weighted by Gasteiger charge is -2.12. The smallest absolute Gasteiger partial charge is 0.387 e. The summed E-state index contributed by atoms with van der Waals surface area (Å²) in [4.78, 5) is 24.6. The van der Waals surface area contributed by atoms with Gasteiger partial charge in [0.1, 0.15) is 23.9 Å². The maximum absolute atomic E-state index is 12.4. The van der Waals surface area contributed by atoms with Crippen LogP contribution in [-0.4, -0.2) is 28.8 Å². The van der Waals surface area contributed by atoms with Crippen LogP contribution in [0, 0.1) is 11.3 Å². The second kappa shape index (κ2) is 10.3. The highest BCUT2D eigenvalue weighted by Gasteiger charge is 2.16. The van der Waals surface area contributed by atoms with Crippen LogP contribution in [0.1, 0.15) is 36.2 Å². The Kier molecular flexibility index (Phi) is 7.83. The van der Waals surface area contributed by atoms with Gasteiger partial charge in [0, 0.05) is 6.54 Å². The molecule has 2 aromatic rings. The molecule has 7 nitrogen and oxygen atoms in total. The third-order valence-corrected chi connectivity index (χ3v) is 4.32. The molecule has 0 bridgehead atoms. The summed E-state index contributed by atoms with van der Waals surface area (Å²) in [6.45, 7) is 0.848. The Hall–Kier alpha value is -3.28. The predicted molar refractivity (Wildman–Crippen MR) is 102 cm³/mol. The molecule has 0 aliphatic carbocycles. The lowest BCUT2D eigenvalue weighted by Crippen LogP contribution is -2.36. The third kappa shape index (κ3) is 5.85. The van der Waals surface area contributed by atoms with Crippen LogP contribution in [0.15, 0.2) is 29.1 Å². The lowest BCUT2D eigenvalue weighted by atomic mass is 10.0. The zero-order valence-corrected chi connectivity index (χ0v) is 16.2. The molecule has 29 heavy (non-hydrogen) atoms. The van der Waals surface area contributed by atoms with E-state index in [1.807, 2.05) is 19.9 Å². The Morgan fingerprint density at radius 1 is 1.28 bits per heavy atom. The number of benzene rings is 1. The molecule has 0 saturated carbocycles. The molecule has 0 aliphatic rings. The van der Waals surface area contributed by atoms with Crippen molar-refractivity contribution in [3.63, 3.8) is 0 Å². The van der Waals surface area contributed by atoms with E-state index >= 15 is 0 Å². The number of aryl methyl sites for hydroxylation is 1. The van der Waals surface area contributed by atoms with Gasteiger partial charge in [-0.2, -0.15) is 19.1 Å². The van der Waals surface area contributed by atoms with E-state index in [1.165, 1.54) is 12.1 Å². The van der Waals surface area contributed by atoms with Crippen molar-refractivity contribution >= 4 is 5.91 Å². The summed E-state index contributed by atoms with van der Waals surface area (Å²) in [5, 5.41) is 16.2. The van der Waals surface area contributed by atoms with Crippen LogP contribution in [0.2, 0.25) is 0 Å². The Labute approximate surface area is 166 Å². The number of halogens is 2. The highest BCUT2D eigenvalue weighted by atomic mass is 19.3. The first-order chi connectivity index (χ1) is 13.9. The van der Waals surface area contributed by atoms with Crippen LogP contribution in [0.4, 0.5) is 8.78 Å².